The van der Waals surface area contributed by atoms with Crippen LogP contribution >= 0.6 is 0 Å². The minimum Gasteiger partial charge on any atom is -0.477 e. The van der Waals surface area contributed by atoms with Gasteiger partial charge < -0.3 is 28.5 Å². The number of carboxylic acids is 1. The average molecular weight is 959 g/mol. The molecule has 9 heteroatoms. The van der Waals surface area contributed by atoms with Crippen molar-refractivity contribution < 1.29 is 42.9 Å². The molecule has 388 valence electrons. The van der Waals surface area contributed by atoms with Crippen molar-refractivity contribution in [1.29, 1.82) is 0 Å². The summed E-state index contributed by atoms with van der Waals surface area (Å²) in [6.45, 7) is 4.52. The Kier molecular flexibility index (Phi) is 46.5. The molecule has 0 amide bonds. The number of esters is 2. The molecule has 0 fully saturated rings. The van der Waals surface area contributed by atoms with Crippen LogP contribution < -0.4 is 0 Å². The van der Waals surface area contributed by atoms with Crippen molar-refractivity contribution in [3.63, 3.8) is 0 Å². The van der Waals surface area contributed by atoms with E-state index < -0.39 is 24.3 Å². The lowest BCUT2D eigenvalue weighted by molar-refractivity contribution is -0.870. The van der Waals surface area contributed by atoms with Gasteiger partial charge in [-0.25, -0.2) is 4.79 Å². The molecule has 0 spiro atoms. The molecule has 0 heterocycles. The number of unbranched alkanes of at least 4 members (excludes halogenated alkanes) is 9. The summed E-state index contributed by atoms with van der Waals surface area (Å²) in [4.78, 5) is 37.3. The van der Waals surface area contributed by atoms with Crippen LogP contribution in [-0.2, 0) is 33.3 Å². The second kappa shape index (κ2) is 49.8. The lowest BCUT2D eigenvalue weighted by Gasteiger charge is -2.25. The molecule has 0 rings (SSSR count). The quantitative estimate of drug-likeness (QED) is 0.0211. The first-order chi connectivity index (χ1) is 33.6. The van der Waals surface area contributed by atoms with Crippen LogP contribution in [0, 0.1) is 0 Å². The molecule has 69 heavy (non-hydrogen) atoms. The van der Waals surface area contributed by atoms with Gasteiger partial charge in [0.2, 0.25) is 0 Å². The second-order valence-corrected chi connectivity index (χ2v) is 18.1. The number of carbonyl (C=O) groups excluding carboxylic acids is 2. The third-order valence-electron chi connectivity index (χ3n) is 10.4. The van der Waals surface area contributed by atoms with Crippen molar-refractivity contribution in [2.75, 3.05) is 47.5 Å². The summed E-state index contributed by atoms with van der Waals surface area (Å²) in [7, 11) is 5.92. The third kappa shape index (κ3) is 51.1. The largest absolute Gasteiger partial charge is 0.477 e. The summed E-state index contributed by atoms with van der Waals surface area (Å²) in [6.07, 6.45) is 68.2. The maximum atomic E-state index is 12.8. The summed E-state index contributed by atoms with van der Waals surface area (Å²) in [5.41, 5.74) is 0. The fraction of sp³-hybridized carbons (Fsp3) is 0.583. The van der Waals surface area contributed by atoms with Crippen LogP contribution in [0.3, 0.4) is 0 Å². The molecule has 0 aromatic rings. The highest BCUT2D eigenvalue weighted by Crippen LogP contribution is 2.13. The van der Waals surface area contributed by atoms with E-state index in [0.717, 1.165) is 103 Å². The Morgan fingerprint density at radius 2 is 0.812 bits per heavy atom. The maximum absolute atomic E-state index is 12.8. The second-order valence-electron chi connectivity index (χ2n) is 18.1. The first-order valence-corrected chi connectivity index (χ1v) is 26.3. The number of nitrogens with zero attached hydrogens (tertiary/aromatic N) is 1. The highest BCUT2D eigenvalue weighted by molar-refractivity contribution is 5.71. The molecule has 0 aliphatic heterocycles. The molecular weight excluding hydrogens is 863 g/mol. The number of rotatable bonds is 46. The smallest absolute Gasteiger partial charge is 0.361 e. The topological polar surface area (TPSA) is 108 Å². The average Bonchev–Trinajstić information content (AvgIpc) is 3.31. The zero-order valence-corrected chi connectivity index (χ0v) is 43.9. The van der Waals surface area contributed by atoms with Crippen molar-refractivity contribution in [2.45, 2.75) is 180 Å². The van der Waals surface area contributed by atoms with E-state index in [0.29, 0.717) is 17.4 Å². The van der Waals surface area contributed by atoms with Gasteiger partial charge in [0.1, 0.15) is 13.2 Å². The Morgan fingerprint density at radius 1 is 0.435 bits per heavy atom. The molecule has 0 aromatic heterocycles. The highest BCUT2D eigenvalue weighted by atomic mass is 16.7. The SMILES string of the molecule is CC/C=C\C/C=C\C/C=C\C/C=C\C/C=C\C/C=C\CCC(=O)OC(COC(=O)CCCCCCCCCCC/C=C\C/C=C\C/C=C\C/C=C\C/C=C\CC)COC(OCC[N+](C)(C)C)C(=O)O. The van der Waals surface area contributed by atoms with Gasteiger partial charge in [0, 0.05) is 12.8 Å². The molecule has 0 saturated heterocycles. The van der Waals surface area contributed by atoms with Crippen molar-refractivity contribution in [3.8, 4) is 0 Å². The number of allylic oxidation sites excluding steroid dienone is 22. The highest BCUT2D eigenvalue weighted by Gasteiger charge is 2.25. The van der Waals surface area contributed by atoms with Gasteiger partial charge >= 0.3 is 17.9 Å². The molecular formula is C60H96NO8+. The number of carbonyl (C=O) groups is 3. The van der Waals surface area contributed by atoms with Gasteiger partial charge in [-0.1, -0.05) is 192 Å². The van der Waals surface area contributed by atoms with Gasteiger partial charge in [0.15, 0.2) is 6.10 Å². The van der Waals surface area contributed by atoms with E-state index in [1.807, 2.05) is 33.3 Å². The third-order valence-corrected chi connectivity index (χ3v) is 10.4. The summed E-state index contributed by atoms with van der Waals surface area (Å²) < 4.78 is 22.7. The molecule has 9 nitrogen and oxygen atoms in total. The van der Waals surface area contributed by atoms with Gasteiger partial charge in [0.05, 0.1) is 34.4 Å². The lowest BCUT2D eigenvalue weighted by Crippen LogP contribution is -2.40. The minimum atomic E-state index is -1.54. The van der Waals surface area contributed by atoms with Crippen molar-refractivity contribution in [1.82, 2.24) is 0 Å². The summed E-state index contributed by atoms with van der Waals surface area (Å²) in [5, 5.41) is 9.67. The molecule has 0 radical (unpaired) electrons. The van der Waals surface area contributed by atoms with Crippen LogP contribution in [0.4, 0.5) is 0 Å². The van der Waals surface area contributed by atoms with E-state index in [9.17, 15) is 19.5 Å². The Balaban J connectivity index is 4.44. The predicted octanol–water partition coefficient (Wildman–Crippen LogP) is 15.1. The summed E-state index contributed by atoms with van der Waals surface area (Å²) >= 11 is 0. The molecule has 1 N–H and O–H groups in total. The number of quaternary nitrogens is 1. The number of hydrogen-bond acceptors (Lipinski definition) is 7. The molecule has 0 aliphatic carbocycles. The van der Waals surface area contributed by atoms with Crippen LogP contribution in [0.5, 0.6) is 0 Å². The number of ether oxygens (including phenoxy) is 4. The summed E-state index contributed by atoms with van der Waals surface area (Å²) in [5.74, 6) is -2.15. The van der Waals surface area contributed by atoms with E-state index >= 15 is 0 Å². The Morgan fingerprint density at radius 3 is 1.22 bits per heavy atom. The fourth-order valence-electron chi connectivity index (χ4n) is 6.42. The van der Waals surface area contributed by atoms with E-state index in [4.69, 9.17) is 18.9 Å². The molecule has 0 saturated carbocycles. The Hall–Kier alpha value is -4.57. The van der Waals surface area contributed by atoms with Gasteiger partial charge in [-0.2, -0.15) is 0 Å². The number of likely N-dealkylation sites (N-methyl/N-ethyl adjacent to an activating group) is 1. The number of hydrogen-bond donors (Lipinski definition) is 1. The molecule has 0 aromatic carbocycles. The molecule has 0 aliphatic rings. The van der Waals surface area contributed by atoms with Crippen molar-refractivity contribution >= 4 is 17.9 Å². The van der Waals surface area contributed by atoms with Gasteiger partial charge in [-0.15, -0.1) is 0 Å². The van der Waals surface area contributed by atoms with E-state index in [-0.39, 0.29) is 38.6 Å². The maximum Gasteiger partial charge on any atom is 0.361 e. The summed E-state index contributed by atoms with van der Waals surface area (Å²) in [6, 6.07) is 0. The van der Waals surface area contributed by atoms with Crippen LogP contribution in [0.2, 0.25) is 0 Å². The standard InChI is InChI=1S/C60H95NO8/c1-6-8-10-12-14-16-18-20-22-24-26-27-28-29-30-31-33-34-36-38-40-42-44-46-48-50-57(62)67-54-56(55-68-60(59(64)65)66-53-52-61(3,4)5)69-58(63)51-49-47-45-43-41-39-37-35-32-25-23-21-19-17-15-13-11-9-7-2/h8-11,14-17,20-23,26-27,29-30,32,35,39,41,45,47,56,60H,6-7,12-13,18-19,24-25,28,31,33-34,36-38,40,42-44,46,48-55H2,1-5H3/p+1/b10-8-,11-9-,16-14-,17-15-,22-20-,23-21-,27-26-,30-29-,35-32-,41-39-,47-45-. The molecule has 2 unspecified atom stereocenters. The molecule has 0 bridgehead atoms. The first-order valence-electron chi connectivity index (χ1n) is 26.3. The fourth-order valence-corrected chi connectivity index (χ4v) is 6.42. The zero-order valence-electron chi connectivity index (χ0n) is 43.9. The van der Waals surface area contributed by atoms with E-state index in [2.05, 4.69) is 135 Å². The monoisotopic (exact) mass is 959 g/mol. The van der Waals surface area contributed by atoms with E-state index in [1.54, 1.807) is 0 Å². The van der Waals surface area contributed by atoms with Crippen LogP contribution in [0.1, 0.15) is 168 Å². The van der Waals surface area contributed by atoms with Gasteiger partial charge in [-0.3, -0.25) is 9.59 Å². The van der Waals surface area contributed by atoms with Crippen LogP contribution in [0.25, 0.3) is 0 Å². The van der Waals surface area contributed by atoms with Crippen LogP contribution in [-0.4, -0.2) is 87.4 Å². The minimum absolute atomic E-state index is 0.125. The Bertz CT molecular complexity index is 1590. The molecule has 2 atom stereocenters. The Labute approximate surface area is 420 Å². The number of carboxylic acid groups (broad SMARTS) is 1. The van der Waals surface area contributed by atoms with Gasteiger partial charge in [-0.05, 0) is 96.3 Å². The number of aliphatic carboxylic acids is 1. The van der Waals surface area contributed by atoms with Crippen LogP contribution in [0.15, 0.2) is 134 Å². The predicted molar refractivity (Wildman–Crippen MR) is 290 cm³/mol. The van der Waals surface area contributed by atoms with E-state index in [1.165, 1.54) is 32.1 Å². The first kappa shape index (κ1) is 64.4. The van der Waals surface area contributed by atoms with Crippen molar-refractivity contribution in [2.24, 2.45) is 0 Å². The zero-order chi connectivity index (χ0) is 50.6. The van der Waals surface area contributed by atoms with Crippen molar-refractivity contribution in [3.05, 3.63) is 134 Å². The normalized spacial score (nSPS) is 13.9. The lowest BCUT2D eigenvalue weighted by atomic mass is 10.1. The van der Waals surface area contributed by atoms with Gasteiger partial charge in [0.25, 0.3) is 6.29 Å².